The molecular formula is C18H24N2O3S. The lowest BCUT2D eigenvalue weighted by Gasteiger charge is -2.23. The standard InChI is InChI=1S/C18H24N2O3S/c1-4-23-18-10-9-17(12-14(18)2)24(21,22)20(15-7-8-15)13-16-6-5-11-19(16)3/h5-6,9-12,15H,4,7-8,13H2,1-3H3. The fourth-order valence-electron chi connectivity index (χ4n) is 2.83. The number of benzene rings is 1. The van der Waals surface area contributed by atoms with Crippen molar-refractivity contribution in [3.05, 3.63) is 47.8 Å². The summed E-state index contributed by atoms with van der Waals surface area (Å²) in [5.74, 6) is 0.733. The molecule has 0 bridgehead atoms. The van der Waals surface area contributed by atoms with Crippen molar-refractivity contribution in [3.8, 4) is 5.75 Å². The fourth-order valence-corrected chi connectivity index (χ4v) is 4.57. The zero-order valence-corrected chi connectivity index (χ0v) is 15.2. The summed E-state index contributed by atoms with van der Waals surface area (Å²) in [5.41, 5.74) is 1.83. The molecule has 0 radical (unpaired) electrons. The van der Waals surface area contributed by atoms with Gasteiger partial charge in [-0.1, -0.05) is 0 Å². The monoisotopic (exact) mass is 348 g/mol. The van der Waals surface area contributed by atoms with Crippen LogP contribution in [0.1, 0.15) is 31.0 Å². The van der Waals surface area contributed by atoms with Gasteiger partial charge in [-0.05, 0) is 62.6 Å². The average molecular weight is 348 g/mol. The van der Waals surface area contributed by atoms with Crippen LogP contribution in [0.5, 0.6) is 5.75 Å². The first-order valence-electron chi connectivity index (χ1n) is 8.29. The van der Waals surface area contributed by atoms with Gasteiger partial charge in [-0.2, -0.15) is 4.31 Å². The Morgan fingerprint density at radius 1 is 1.29 bits per heavy atom. The van der Waals surface area contributed by atoms with E-state index in [9.17, 15) is 8.42 Å². The molecule has 0 unspecified atom stereocenters. The Labute approximate surface area is 143 Å². The van der Waals surface area contributed by atoms with E-state index in [4.69, 9.17) is 4.74 Å². The summed E-state index contributed by atoms with van der Waals surface area (Å²) in [5, 5.41) is 0. The summed E-state index contributed by atoms with van der Waals surface area (Å²) in [7, 11) is -1.58. The van der Waals surface area contributed by atoms with Crippen molar-refractivity contribution in [2.45, 2.75) is 44.2 Å². The van der Waals surface area contributed by atoms with E-state index < -0.39 is 10.0 Å². The number of nitrogens with zero attached hydrogens (tertiary/aromatic N) is 2. The zero-order valence-electron chi connectivity index (χ0n) is 14.4. The highest BCUT2D eigenvalue weighted by Crippen LogP contribution is 2.34. The second-order valence-corrected chi connectivity index (χ2v) is 8.14. The molecule has 130 valence electrons. The van der Waals surface area contributed by atoms with Crippen LogP contribution >= 0.6 is 0 Å². The van der Waals surface area contributed by atoms with Gasteiger partial charge < -0.3 is 9.30 Å². The van der Waals surface area contributed by atoms with E-state index in [1.54, 1.807) is 22.5 Å². The lowest BCUT2D eigenvalue weighted by Crippen LogP contribution is -2.33. The van der Waals surface area contributed by atoms with Crippen LogP contribution in [0.2, 0.25) is 0 Å². The van der Waals surface area contributed by atoms with Crippen molar-refractivity contribution in [1.82, 2.24) is 8.87 Å². The Balaban J connectivity index is 1.92. The van der Waals surface area contributed by atoms with E-state index in [-0.39, 0.29) is 6.04 Å². The summed E-state index contributed by atoms with van der Waals surface area (Å²) in [6.07, 6.45) is 3.80. The summed E-state index contributed by atoms with van der Waals surface area (Å²) in [6.45, 7) is 4.76. The van der Waals surface area contributed by atoms with Crippen LogP contribution in [0.4, 0.5) is 0 Å². The number of aryl methyl sites for hydroxylation is 2. The van der Waals surface area contributed by atoms with Crippen molar-refractivity contribution in [2.24, 2.45) is 7.05 Å². The zero-order chi connectivity index (χ0) is 17.3. The predicted molar refractivity (Wildman–Crippen MR) is 93.5 cm³/mol. The lowest BCUT2D eigenvalue weighted by atomic mass is 10.2. The third-order valence-electron chi connectivity index (χ3n) is 4.38. The molecule has 0 atom stereocenters. The average Bonchev–Trinajstić information content (AvgIpc) is 3.29. The molecule has 1 aromatic heterocycles. The smallest absolute Gasteiger partial charge is 0.243 e. The topological polar surface area (TPSA) is 51.5 Å². The van der Waals surface area contributed by atoms with E-state index in [2.05, 4.69) is 0 Å². The van der Waals surface area contributed by atoms with Crippen LogP contribution in [-0.4, -0.2) is 29.9 Å². The number of ether oxygens (including phenoxy) is 1. The van der Waals surface area contributed by atoms with E-state index in [0.29, 0.717) is 18.0 Å². The number of rotatable bonds is 7. The highest BCUT2D eigenvalue weighted by Gasteiger charge is 2.38. The Hall–Kier alpha value is -1.79. The molecule has 1 aliphatic rings. The van der Waals surface area contributed by atoms with Gasteiger partial charge in [0.25, 0.3) is 0 Å². The molecule has 5 nitrogen and oxygen atoms in total. The summed E-state index contributed by atoms with van der Waals surface area (Å²) >= 11 is 0. The van der Waals surface area contributed by atoms with Gasteiger partial charge >= 0.3 is 0 Å². The van der Waals surface area contributed by atoms with Crippen LogP contribution in [0.15, 0.2) is 41.4 Å². The molecule has 0 spiro atoms. The molecule has 6 heteroatoms. The molecule has 0 amide bonds. The maximum absolute atomic E-state index is 13.1. The van der Waals surface area contributed by atoms with E-state index >= 15 is 0 Å². The van der Waals surface area contributed by atoms with Crippen LogP contribution in [0.25, 0.3) is 0 Å². The first-order valence-corrected chi connectivity index (χ1v) is 9.73. The largest absolute Gasteiger partial charge is 0.494 e. The Morgan fingerprint density at radius 2 is 2.04 bits per heavy atom. The molecule has 1 saturated carbocycles. The number of aromatic nitrogens is 1. The Bertz CT molecular complexity index is 823. The highest BCUT2D eigenvalue weighted by molar-refractivity contribution is 7.89. The van der Waals surface area contributed by atoms with Crippen molar-refractivity contribution < 1.29 is 13.2 Å². The number of hydrogen-bond acceptors (Lipinski definition) is 3. The lowest BCUT2D eigenvalue weighted by molar-refractivity contribution is 0.337. The van der Waals surface area contributed by atoms with Gasteiger partial charge in [0.2, 0.25) is 10.0 Å². The second-order valence-electron chi connectivity index (χ2n) is 6.25. The van der Waals surface area contributed by atoms with Crippen molar-refractivity contribution in [1.29, 1.82) is 0 Å². The van der Waals surface area contributed by atoms with E-state index in [1.807, 2.05) is 43.8 Å². The molecule has 2 aromatic rings. The summed E-state index contributed by atoms with van der Waals surface area (Å²) in [4.78, 5) is 0.338. The first-order chi connectivity index (χ1) is 11.4. The van der Waals surface area contributed by atoms with Crippen molar-refractivity contribution in [2.75, 3.05) is 6.61 Å². The second kappa shape index (κ2) is 6.61. The molecule has 1 fully saturated rings. The van der Waals surface area contributed by atoms with Crippen LogP contribution in [0, 0.1) is 6.92 Å². The van der Waals surface area contributed by atoms with Gasteiger partial charge in [-0.25, -0.2) is 8.42 Å². The fraction of sp³-hybridized carbons (Fsp3) is 0.444. The molecule has 0 N–H and O–H groups in total. The molecule has 24 heavy (non-hydrogen) atoms. The van der Waals surface area contributed by atoms with Gasteiger partial charge in [-0.15, -0.1) is 0 Å². The van der Waals surface area contributed by atoms with Crippen molar-refractivity contribution in [3.63, 3.8) is 0 Å². The minimum atomic E-state index is -3.52. The van der Waals surface area contributed by atoms with E-state index in [1.165, 1.54) is 0 Å². The quantitative estimate of drug-likeness (QED) is 0.773. The Morgan fingerprint density at radius 3 is 2.58 bits per heavy atom. The maximum Gasteiger partial charge on any atom is 0.243 e. The van der Waals surface area contributed by atoms with Crippen LogP contribution < -0.4 is 4.74 Å². The maximum atomic E-state index is 13.1. The molecule has 1 aromatic carbocycles. The highest BCUT2D eigenvalue weighted by atomic mass is 32.2. The van der Waals surface area contributed by atoms with Crippen molar-refractivity contribution >= 4 is 10.0 Å². The number of hydrogen-bond donors (Lipinski definition) is 0. The molecule has 1 aliphatic carbocycles. The Kier molecular flexibility index (Phi) is 4.69. The normalized spacial score (nSPS) is 15.0. The van der Waals surface area contributed by atoms with Gasteiger partial charge in [-0.3, -0.25) is 0 Å². The molecule has 3 rings (SSSR count). The summed E-state index contributed by atoms with van der Waals surface area (Å²) in [6, 6.07) is 9.12. The third-order valence-corrected chi connectivity index (χ3v) is 6.27. The SMILES string of the molecule is CCOc1ccc(S(=O)(=O)N(Cc2cccn2C)C2CC2)cc1C. The molecule has 1 heterocycles. The first kappa shape index (κ1) is 17.0. The van der Waals surface area contributed by atoms with E-state index in [0.717, 1.165) is 29.8 Å². The minimum Gasteiger partial charge on any atom is -0.494 e. The molecule has 0 saturated heterocycles. The minimum absolute atomic E-state index is 0.108. The number of sulfonamides is 1. The summed E-state index contributed by atoms with van der Waals surface area (Å²) < 4.78 is 35.4. The van der Waals surface area contributed by atoms with Gasteiger partial charge in [0, 0.05) is 25.0 Å². The molecule has 0 aliphatic heterocycles. The molecular weight excluding hydrogens is 324 g/mol. The third kappa shape index (κ3) is 3.35. The van der Waals surface area contributed by atoms with Gasteiger partial charge in [0.1, 0.15) is 5.75 Å². The van der Waals surface area contributed by atoms with Gasteiger partial charge in [0.05, 0.1) is 18.0 Å². The predicted octanol–water partition coefficient (Wildman–Crippen LogP) is 3.09. The van der Waals surface area contributed by atoms with Crippen LogP contribution in [-0.2, 0) is 23.6 Å². The van der Waals surface area contributed by atoms with Crippen LogP contribution in [0.3, 0.4) is 0 Å². The van der Waals surface area contributed by atoms with Gasteiger partial charge in [0.15, 0.2) is 0 Å².